The Morgan fingerprint density at radius 2 is 1.65 bits per heavy atom. The van der Waals surface area contributed by atoms with Crippen molar-refractivity contribution in [1.82, 2.24) is 5.32 Å². The summed E-state index contributed by atoms with van der Waals surface area (Å²) in [5.74, 6) is 1.54. The van der Waals surface area contributed by atoms with Gasteiger partial charge >= 0.3 is 0 Å². The molecule has 0 bridgehead atoms. The quantitative estimate of drug-likeness (QED) is 0.738. The summed E-state index contributed by atoms with van der Waals surface area (Å²) >= 11 is 11.8. The first-order valence-corrected chi connectivity index (χ1v) is 8.75. The van der Waals surface area contributed by atoms with Crippen LogP contribution in [0.4, 0.5) is 0 Å². The second-order valence-corrected chi connectivity index (χ2v) is 6.49. The molecular formula is C19H21Cl2NO4. The SMILES string of the molecule is COc1ccc(OC)c(C(C)NC(=O)C(C)Oc2ccc(Cl)c(Cl)c2)c1. The Bertz CT molecular complexity index is 782. The van der Waals surface area contributed by atoms with Gasteiger partial charge in [-0.2, -0.15) is 0 Å². The molecule has 7 heteroatoms. The zero-order chi connectivity index (χ0) is 19.3. The van der Waals surface area contributed by atoms with E-state index in [2.05, 4.69) is 5.32 Å². The van der Waals surface area contributed by atoms with Crippen LogP contribution in [-0.4, -0.2) is 26.2 Å². The first-order chi connectivity index (χ1) is 12.3. The largest absolute Gasteiger partial charge is 0.497 e. The number of rotatable bonds is 7. The van der Waals surface area contributed by atoms with Crippen molar-refractivity contribution in [2.75, 3.05) is 14.2 Å². The van der Waals surface area contributed by atoms with Gasteiger partial charge in [-0.15, -0.1) is 0 Å². The van der Waals surface area contributed by atoms with Crippen molar-refractivity contribution in [3.05, 3.63) is 52.0 Å². The Kier molecular flexibility index (Phi) is 7.00. The molecule has 0 saturated carbocycles. The maximum Gasteiger partial charge on any atom is 0.261 e. The molecule has 5 nitrogen and oxygen atoms in total. The summed E-state index contributed by atoms with van der Waals surface area (Å²) in [7, 11) is 3.16. The average molecular weight is 398 g/mol. The second-order valence-electron chi connectivity index (χ2n) is 5.67. The Morgan fingerprint density at radius 3 is 2.27 bits per heavy atom. The van der Waals surface area contributed by atoms with Crippen LogP contribution in [0.5, 0.6) is 17.2 Å². The Balaban J connectivity index is 2.07. The van der Waals surface area contributed by atoms with E-state index < -0.39 is 6.10 Å². The third-order valence-electron chi connectivity index (χ3n) is 3.84. The molecule has 2 rings (SSSR count). The summed E-state index contributed by atoms with van der Waals surface area (Å²) < 4.78 is 16.2. The van der Waals surface area contributed by atoms with Gasteiger partial charge in [-0.25, -0.2) is 0 Å². The zero-order valence-corrected chi connectivity index (χ0v) is 16.5. The van der Waals surface area contributed by atoms with Gasteiger partial charge in [-0.3, -0.25) is 4.79 Å². The number of hydrogen-bond acceptors (Lipinski definition) is 4. The molecule has 0 spiro atoms. The maximum absolute atomic E-state index is 12.5. The smallest absolute Gasteiger partial charge is 0.261 e. The molecule has 140 valence electrons. The highest BCUT2D eigenvalue weighted by Crippen LogP contribution is 2.30. The predicted molar refractivity (Wildman–Crippen MR) is 103 cm³/mol. The van der Waals surface area contributed by atoms with E-state index in [0.29, 0.717) is 27.3 Å². The minimum Gasteiger partial charge on any atom is -0.497 e. The van der Waals surface area contributed by atoms with Crippen LogP contribution in [0.25, 0.3) is 0 Å². The molecule has 26 heavy (non-hydrogen) atoms. The van der Waals surface area contributed by atoms with E-state index in [1.54, 1.807) is 51.5 Å². The van der Waals surface area contributed by atoms with Crippen LogP contribution < -0.4 is 19.5 Å². The first kappa shape index (κ1) is 20.2. The van der Waals surface area contributed by atoms with Gasteiger partial charge in [0.25, 0.3) is 5.91 Å². The lowest BCUT2D eigenvalue weighted by Gasteiger charge is -2.21. The monoisotopic (exact) mass is 397 g/mol. The number of amides is 1. The molecule has 0 aliphatic rings. The lowest BCUT2D eigenvalue weighted by atomic mass is 10.1. The topological polar surface area (TPSA) is 56.8 Å². The van der Waals surface area contributed by atoms with Gasteiger partial charge < -0.3 is 19.5 Å². The van der Waals surface area contributed by atoms with Gasteiger partial charge in [0.2, 0.25) is 0 Å². The summed E-state index contributed by atoms with van der Waals surface area (Å²) in [5, 5.41) is 3.70. The lowest BCUT2D eigenvalue weighted by molar-refractivity contribution is -0.127. The van der Waals surface area contributed by atoms with Gasteiger partial charge in [-0.1, -0.05) is 23.2 Å². The van der Waals surface area contributed by atoms with Gasteiger partial charge in [0.05, 0.1) is 30.3 Å². The van der Waals surface area contributed by atoms with E-state index >= 15 is 0 Å². The molecule has 0 saturated heterocycles. The normalized spacial score (nSPS) is 12.8. The average Bonchev–Trinajstić information content (AvgIpc) is 2.63. The molecule has 0 aliphatic heterocycles. The summed E-state index contributed by atoms with van der Waals surface area (Å²) in [5.41, 5.74) is 0.807. The van der Waals surface area contributed by atoms with Gasteiger partial charge in [0.15, 0.2) is 6.10 Å². The highest BCUT2D eigenvalue weighted by atomic mass is 35.5. The van der Waals surface area contributed by atoms with Gasteiger partial charge in [0, 0.05) is 11.6 Å². The Hall–Kier alpha value is -2.11. The number of carbonyl (C=O) groups excluding carboxylic acids is 1. The number of hydrogen-bond donors (Lipinski definition) is 1. The lowest BCUT2D eigenvalue weighted by Crippen LogP contribution is -2.37. The van der Waals surface area contributed by atoms with Crippen LogP contribution in [0, 0.1) is 0 Å². The highest BCUT2D eigenvalue weighted by molar-refractivity contribution is 6.42. The molecule has 0 aliphatic carbocycles. The molecule has 2 aromatic carbocycles. The number of benzene rings is 2. The molecule has 2 unspecified atom stereocenters. The number of carbonyl (C=O) groups is 1. The fourth-order valence-electron chi connectivity index (χ4n) is 2.39. The van der Waals surface area contributed by atoms with Crippen molar-refractivity contribution in [1.29, 1.82) is 0 Å². The fraction of sp³-hybridized carbons (Fsp3) is 0.316. The van der Waals surface area contributed by atoms with E-state index in [1.165, 1.54) is 0 Å². The maximum atomic E-state index is 12.5. The molecule has 1 N–H and O–H groups in total. The van der Waals surface area contributed by atoms with Crippen LogP contribution in [0.1, 0.15) is 25.5 Å². The van der Waals surface area contributed by atoms with E-state index in [0.717, 1.165) is 5.56 Å². The van der Waals surface area contributed by atoms with E-state index in [9.17, 15) is 4.79 Å². The number of nitrogens with one attached hydrogen (secondary N) is 1. The summed E-state index contributed by atoms with van der Waals surface area (Å²) in [6.45, 7) is 3.52. The van der Waals surface area contributed by atoms with Crippen LogP contribution in [0.15, 0.2) is 36.4 Å². The summed E-state index contributed by atoms with van der Waals surface area (Å²) in [4.78, 5) is 12.5. The van der Waals surface area contributed by atoms with Crippen molar-refractivity contribution in [3.8, 4) is 17.2 Å². The standard InChI is InChI=1S/C19H21Cl2NO4/c1-11(15-9-13(24-3)6-8-18(15)25-4)22-19(23)12(2)26-14-5-7-16(20)17(21)10-14/h5-12H,1-4H3,(H,22,23). The van der Waals surface area contributed by atoms with E-state index in [-0.39, 0.29) is 11.9 Å². The number of ether oxygens (including phenoxy) is 3. The van der Waals surface area contributed by atoms with Crippen molar-refractivity contribution >= 4 is 29.1 Å². The Morgan fingerprint density at radius 1 is 0.962 bits per heavy atom. The number of halogens is 2. The van der Waals surface area contributed by atoms with Crippen molar-refractivity contribution in [3.63, 3.8) is 0 Å². The molecule has 2 aromatic rings. The minimum absolute atomic E-state index is 0.270. The fourth-order valence-corrected chi connectivity index (χ4v) is 2.68. The van der Waals surface area contributed by atoms with Crippen LogP contribution in [0.3, 0.4) is 0 Å². The Labute approximate surface area is 163 Å². The molecule has 1 amide bonds. The predicted octanol–water partition coefficient (Wildman–Crippen LogP) is 4.66. The molecule has 2 atom stereocenters. The summed E-state index contributed by atoms with van der Waals surface area (Å²) in [6, 6.07) is 9.98. The summed E-state index contributed by atoms with van der Waals surface area (Å²) in [6.07, 6.45) is -0.716. The van der Waals surface area contributed by atoms with Crippen molar-refractivity contribution in [2.24, 2.45) is 0 Å². The van der Waals surface area contributed by atoms with E-state index in [4.69, 9.17) is 37.4 Å². The molecule has 0 radical (unpaired) electrons. The molecular weight excluding hydrogens is 377 g/mol. The van der Waals surface area contributed by atoms with E-state index in [1.807, 2.05) is 13.0 Å². The van der Waals surface area contributed by atoms with Crippen LogP contribution >= 0.6 is 23.2 Å². The molecule has 0 aromatic heterocycles. The van der Waals surface area contributed by atoms with Crippen LogP contribution in [-0.2, 0) is 4.79 Å². The highest BCUT2D eigenvalue weighted by Gasteiger charge is 2.20. The van der Waals surface area contributed by atoms with Crippen LogP contribution in [0.2, 0.25) is 10.0 Å². The second kappa shape index (κ2) is 9.01. The third-order valence-corrected chi connectivity index (χ3v) is 4.57. The minimum atomic E-state index is -0.716. The van der Waals surface area contributed by atoms with Gasteiger partial charge in [-0.05, 0) is 44.2 Å². The molecule has 0 fully saturated rings. The molecule has 0 heterocycles. The van der Waals surface area contributed by atoms with Gasteiger partial charge in [0.1, 0.15) is 17.2 Å². The first-order valence-electron chi connectivity index (χ1n) is 7.99. The third kappa shape index (κ3) is 4.96. The number of methoxy groups -OCH3 is 2. The van der Waals surface area contributed by atoms with Crippen molar-refractivity contribution < 1.29 is 19.0 Å². The zero-order valence-electron chi connectivity index (χ0n) is 15.0. The van der Waals surface area contributed by atoms with Crippen molar-refractivity contribution in [2.45, 2.75) is 26.0 Å².